The lowest BCUT2D eigenvalue weighted by molar-refractivity contribution is 0.200. The van der Waals surface area contributed by atoms with Gasteiger partial charge in [0.05, 0.1) is 11.1 Å². The number of nitrogens with zero attached hydrogens (tertiary/aromatic N) is 1. The van der Waals surface area contributed by atoms with E-state index in [1.807, 2.05) is 0 Å². The Labute approximate surface area is 66.0 Å². The Morgan fingerprint density at radius 3 is 2.64 bits per heavy atom. The maximum atomic E-state index is 4.78. The first kappa shape index (κ1) is 7.06. The molecule has 0 aromatic rings. The van der Waals surface area contributed by atoms with E-state index in [0.717, 1.165) is 26.2 Å². The molecule has 2 N–H and O–H groups in total. The molecule has 2 aliphatic rings. The Bertz CT molecular complexity index is 186. The van der Waals surface area contributed by atoms with Gasteiger partial charge in [0.1, 0.15) is 7.11 Å². The molecule has 2 aliphatic heterocycles. The van der Waals surface area contributed by atoms with Gasteiger partial charge in [-0.25, -0.2) is 0 Å². The highest BCUT2D eigenvalue weighted by molar-refractivity contribution is 5.95. The highest BCUT2D eigenvalue weighted by atomic mass is 16.6. The van der Waals surface area contributed by atoms with Crippen LogP contribution in [0.15, 0.2) is 5.16 Å². The lowest BCUT2D eigenvalue weighted by Gasteiger charge is -2.38. The summed E-state index contributed by atoms with van der Waals surface area (Å²) in [7, 11) is 1.60. The minimum absolute atomic E-state index is 0.288. The smallest absolute Gasteiger partial charge is 0.106 e. The predicted octanol–water partition coefficient (Wildman–Crippen LogP) is -0.818. The Morgan fingerprint density at radius 2 is 2.09 bits per heavy atom. The van der Waals surface area contributed by atoms with Crippen molar-refractivity contribution in [2.75, 3.05) is 33.3 Å². The Morgan fingerprint density at radius 1 is 1.36 bits per heavy atom. The molecule has 0 saturated carbocycles. The molecule has 0 aliphatic carbocycles. The van der Waals surface area contributed by atoms with Gasteiger partial charge < -0.3 is 15.5 Å². The average molecular weight is 155 g/mol. The highest BCUT2D eigenvalue weighted by Gasteiger charge is 2.45. The van der Waals surface area contributed by atoms with Gasteiger partial charge in [-0.2, -0.15) is 0 Å². The summed E-state index contributed by atoms with van der Waals surface area (Å²) in [5, 5.41) is 10.6. The fraction of sp³-hybridized carbons (Fsp3) is 0.857. The van der Waals surface area contributed by atoms with Gasteiger partial charge >= 0.3 is 0 Å². The molecule has 1 spiro atoms. The molecule has 0 amide bonds. The molecular weight excluding hydrogens is 142 g/mol. The summed E-state index contributed by atoms with van der Waals surface area (Å²) >= 11 is 0. The first-order chi connectivity index (χ1) is 5.37. The molecule has 11 heavy (non-hydrogen) atoms. The first-order valence-corrected chi connectivity index (χ1v) is 3.89. The molecule has 2 saturated heterocycles. The van der Waals surface area contributed by atoms with Crippen molar-refractivity contribution in [3.05, 3.63) is 0 Å². The third-order valence-corrected chi connectivity index (χ3v) is 2.50. The topological polar surface area (TPSA) is 45.6 Å². The van der Waals surface area contributed by atoms with Crippen molar-refractivity contribution in [1.82, 2.24) is 10.6 Å². The first-order valence-electron chi connectivity index (χ1n) is 3.89. The van der Waals surface area contributed by atoms with Crippen LogP contribution in [-0.2, 0) is 4.84 Å². The van der Waals surface area contributed by atoms with Crippen LogP contribution in [-0.4, -0.2) is 39.0 Å². The minimum atomic E-state index is 0.288. The fourth-order valence-corrected chi connectivity index (χ4v) is 1.70. The van der Waals surface area contributed by atoms with Crippen molar-refractivity contribution in [3.8, 4) is 0 Å². The summed E-state index contributed by atoms with van der Waals surface area (Å²) < 4.78 is 0. The van der Waals surface area contributed by atoms with Gasteiger partial charge in [-0.05, 0) is 0 Å². The number of rotatable bonds is 1. The summed E-state index contributed by atoms with van der Waals surface area (Å²) in [6.07, 6.45) is 0. The van der Waals surface area contributed by atoms with E-state index < -0.39 is 0 Å². The van der Waals surface area contributed by atoms with E-state index in [4.69, 9.17) is 4.84 Å². The van der Waals surface area contributed by atoms with Crippen LogP contribution in [0.3, 0.4) is 0 Å². The maximum absolute atomic E-state index is 4.78. The molecule has 4 heteroatoms. The van der Waals surface area contributed by atoms with Crippen molar-refractivity contribution >= 4 is 5.71 Å². The normalized spacial score (nSPS) is 30.8. The molecule has 0 bridgehead atoms. The van der Waals surface area contributed by atoms with E-state index in [1.165, 1.54) is 5.71 Å². The zero-order valence-electron chi connectivity index (χ0n) is 6.68. The third-order valence-electron chi connectivity index (χ3n) is 2.50. The van der Waals surface area contributed by atoms with Crippen molar-refractivity contribution < 1.29 is 4.84 Å². The van der Waals surface area contributed by atoms with Crippen LogP contribution in [0.4, 0.5) is 0 Å². The second-order valence-electron chi connectivity index (χ2n) is 3.21. The van der Waals surface area contributed by atoms with Crippen LogP contribution in [0.25, 0.3) is 0 Å². The average Bonchev–Trinajstić information content (AvgIpc) is 2.31. The Balaban J connectivity index is 2.13. The molecule has 2 rings (SSSR count). The molecule has 0 aromatic carbocycles. The van der Waals surface area contributed by atoms with Gasteiger partial charge in [0, 0.05) is 26.2 Å². The van der Waals surface area contributed by atoms with Gasteiger partial charge in [-0.1, -0.05) is 5.16 Å². The largest absolute Gasteiger partial charge is 0.399 e. The second kappa shape index (κ2) is 2.46. The Kier molecular flexibility index (Phi) is 1.58. The lowest BCUT2D eigenvalue weighted by Crippen LogP contribution is -2.58. The van der Waals surface area contributed by atoms with Crippen LogP contribution in [0, 0.1) is 5.41 Å². The van der Waals surface area contributed by atoms with Crippen molar-refractivity contribution in [2.24, 2.45) is 10.6 Å². The van der Waals surface area contributed by atoms with Crippen molar-refractivity contribution in [2.45, 2.75) is 0 Å². The summed E-state index contributed by atoms with van der Waals surface area (Å²) in [4.78, 5) is 4.78. The molecule has 0 aromatic heterocycles. The van der Waals surface area contributed by atoms with E-state index in [1.54, 1.807) is 7.11 Å². The summed E-state index contributed by atoms with van der Waals surface area (Å²) in [6, 6.07) is 0. The van der Waals surface area contributed by atoms with Gasteiger partial charge in [0.25, 0.3) is 0 Å². The number of nitrogens with one attached hydrogen (secondary N) is 2. The molecule has 0 radical (unpaired) electrons. The molecule has 62 valence electrons. The highest BCUT2D eigenvalue weighted by Crippen LogP contribution is 2.27. The zero-order chi connectivity index (χ0) is 7.73. The van der Waals surface area contributed by atoms with Crippen molar-refractivity contribution in [3.63, 3.8) is 0 Å². The lowest BCUT2D eigenvalue weighted by atomic mass is 9.80. The standard InChI is InChI=1S/C7H13N3O/c1-11-10-6-2-8-3-7(6)4-9-5-7/h8-9H,2-5H2,1H3/b10-6+. The van der Waals surface area contributed by atoms with Gasteiger partial charge in [0.2, 0.25) is 0 Å². The van der Waals surface area contributed by atoms with E-state index in [0.29, 0.717) is 0 Å². The zero-order valence-corrected chi connectivity index (χ0v) is 6.68. The number of hydrogen-bond donors (Lipinski definition) is 2. The van der Waals surface area contributed by atoms with E-state index >= 15 is 0 Å². The maximum Gasteiger partial charge on any atom is 0.106 e. The number of hydrogen-bond acceptors (Lipinski definition) is 4. The Hall–Kier alpha value is -0.610. The third kappa shape index (κ3) is 0.937. The molecule has 0 atom stereocenters. The van der Waals surface area contributed by atoms with E-state index in [-0.39, 0.29) is 5.41 Å². The van der Waals surface area contributed by atoms with Gasteiger partial charge in [-0.15, -0.1) is 0 Å². The van der Waals surface area contributed by atoms with Crippen LogP contribution >= 0.6 is 0 Å². The van der Waals surface area contributed by atoms with Gasteiger partial charge in [0.15, 0.2) is 0 Å². The molecular formula is C7H13N3O. The summed E-state index contributed by atoms with van der Waals surface area (Å²) in [5.41, 5.74) is 1.45. The van der Waals surface area contributed by atoms with Crippen LogP contribution in [0.5, 0.6) is 0 Å². The number of oxime groups is 1. The fourth-order valence-electron chi connectivity index (χ4n) is 1.70. The second-order valence-corrected chi connectivity index (χ2v) is 3.21. The predicted molar refractivity (Wildman–Crippen MR) is 42.6 cm³/mol. The van der Waals surface area contributed by atoms with Gasteiger partial charge in [-0.3, -0.25) is 0 Å². The molecule has 2 heterocycles. The molecule has 2 fully saturated rings. The minimum Gasteiger partial charge on any atom is -0.399 e. The van der Waals surface area contributed by atoms with Crippen LogP contribution < -0.4 is 10.6 Å². The SMILES string of the molecule is CO/N=C1\CNCC12CNC2. The van der Waals surface area contributed by atoms with E-state index in [2.05, 4.69) is 15.8 Å². The van der Waals surface area contributed by atoms with E-state index in [9.17, 15) is 0 Å². The summed E-state index contributed by atoms with van der Waals surface area (Å²) in [5.74, 6) is 0. The van der Waals surface area contributed by atoms with Crippen molar-refractivity contribution in [1.29, 1.82) is 0 Å². The summed E-state index contributed by atoms with van der Waals surface area (Å²) in [6.45, 7) is 4.02. The molecule has 0 unspecified atom stereocenters. The molecule has 4 nitrogen and oxygen atoms in total. The van der Waals surface area contributed by atoms with Crippen LogP contribution in [0.1, 0.15) is 0 Å². The van der Waals surface area contributed by atoms with Crippen LogP contribution in [0.2, 0.25) is 0 Å². The quantitative estimate of drug-likeness (QED) is 0.486. The monoisotopic (exact) mass is 155 g/mol.